The van der Waals surface area contributed by atoms with E-state index >= 15 is 0 Å². The highest BCUT2D eigenvalue weighted by Gasteiger charge is 2.03. The van der Waals surface area contributed by atoms with Crippen molar-refractivity contribution in [3.63, 3.8) is 0 Å². The fraction of sp³-hybridized carbons (Fsp3) is 0.600. The van der Waals surface area contributed by atoms with Gasteiger partial charge in [-0.15, -0.1) is 0 Å². The van der Waals surface area contributed by atoms with Crippen LogP contribution in [0.4, 0.5) is 5.95 Å². The molecule has 1 aromatic rings. The van der Waals surface area contributed by atoms with Gasteiger partial charge in [-0.25, -0.2) is 9.97 Å². The molecule has 0 bridgehead atoms. The Hall–Kier alpha value is -0.970. The van der Waals surface area contributed by atoms with Crippen molar-refractivity contribution in [2.75, 3.05) is 23.9 Å². The Morgan fingerprint density at radius 1 is 1.47 bits per heavy atom. The lowest BCUT2D eigenvalue weighted by Gasteiger charge is -2.12. The zero-order valence-electron chi connectivity index (χ0n) is 9.36. The topological polar surface area (TPSA) is 47.0 Å². The average molecular weight is 227 g/mol. The molecule has 1 unspecified atom stereocenters. The van der Waals surface area contributed by atoms with Crippen LogP contribution in [0.25, 0.3) is 0 Å². The van der Waals surface area contributed by atoms with Gasteiger partial charge < -0.3 is 10.1 Å². The maximum Gasteiger partial charge on any atom is 0.223 e. The standard InChI is InChI=1S/C10H17N3OS/c1-4-15-7-8(2)13-10-11-5-9(14-3)6-12-10/h5-6,8H,4,7H2,1-3H3,(H,11,12,13). The Kier molecular flexibility index (Phi) is 5.25. The number of ether oxygens (including phenoxy) is 1. The summed E-state index contributed by atoms with van der Waals surface area (Å²) in [7, 11) is 1.60. The zero-order valence-corrected chi connectivity index (χ0v) is 10.2. The van der Waals surface area contributed by atoms with Crippen molar-refractivity contribution in [2.24, 2.45) is 0 Å². The maximum absolute atomic E-state index is 4.98. The molecule has 0 fully saturated rings. The molecule has 0 spiro atoms. The molecule has 1 aromatic heterocycles. The second kappa shape index (κ2) is 6.50. The van der Waals surface area contributed by atoms with Gasteiger partial charge in [-0.05, 0) is 12.7 Å². The first kappa shape index (κ1) is 12.1. The molecule has 0 aliphatic rings. The zero-order chi connectivity index (χ0) is 11.1. The van der Waals surface area contributed by atoms with Crippen molar-refractivity contribution >= 4 is 17.7 Å². The van der Waals surface area contributed by atoms with Gasteiger partial charge >= 0.3 is 0 Å². The lowest BCUT2D eigenvalue weighted by molar-refractivity contribution is 0.411. The summed E-state index contributed by atoms with van der Waals surface area (Å²) in [6.45, 7) is 4.28. The van der Waals surface area contributed by atoms with Crippen LogP contribution in [0.3, 0.4) is 0 Å². The van der Waals surface area contributed by atoms with Crippen molar-refractivity contribution < 1.29 is 4.74 Å². The molecular weight excluding hydrogens is 210 g/mol. The van der Waals surface area contributed by atoms with Crippen LogP contribution in [0.15, 0.2) is 12.4 Å². The van der Waals surface area contributed by atoms with Crippen LogP contribution in [0.1, 0.15) is 13.8 Å². The van der Waals surface area contributed by atoms with E-state index in [1.807, 2.05) is 11.8 Å². The predicted molar refractivity (Wildman–Crippen MR) is 64.7 cm³/mol. The molecule has 84 valence electrons. The molecular formula is C10H17N3OS. The van der Waals surface area contributed by atoms with E-state index in [1.165, 1.54) is 0 Å². The number of rotatable bonds is 6. The van der Waals surface area contributed by atoms with E-state index in [0.29, 0.717) is 17.7 Å². The Labute approximate surface area is 94.8 Å². The molecule has 0 aliphatic carbocycles. The second-order valence-corrected chi connectivity index (χ2v) is 4.47. The molecule has 0 aliphatic heterocycles. The molecule has 5 heteroatoms. The van der Waals surface area contributed by atoms with Crippen LogP contribution in [0.2, 0.25) is 0 Å². The Balaban J connectivity index is 2.42. The first-order valence-electron chi connectivity index (χ1n) is 4.96. The van der Waals surface area contributed by atoms with E-state index in [2.05, 4.69) is 29.1 Å². The summed E-state index contributed by atoms with van der Waals surface area (Å²) in [6, 6.07) is 0.378. The molecule has 0 saturated carbocycles. The minimum absolute atomic E-state index is 0.378. The van der Waals surface area contributed by atoms with Crippen LogP contribution >= 0.6 is 11.8 Å². The number of anilines is 1. The number of thioether (sulfide) groups is 1. The van der Waals surface area contributed by atoms with E-state index in [0.717, 1.165) is 11.5 Å². The third kappa shape index (κ3) is 4.38. The van der Waals surface area contributed by atoms with Gasteiger partial charge in [0.25, 0.3) is 0 Å². The summed E-state index contributed by atoms with van der Waals surface area (Å²) in [5.74, 6) is 3.53. The third-order valence-electron chi connectivity index (χ3n) is 1.81. The van der Waals surface area contributed by atoms with Crippen LogP contribution in [-0.2, 0) is 0 Å². The number of methoxy groups -OCH3 is 1. The summed E-state index contributed by atoms with van der Waals surface area (Å²) < 4.78 is 4.98. The van der Waals surface area contributed by atoms with Crippen molar-refractivity contribution in [3.8, 4) is 5.75 Å². The summed E-state index contributed by atoms with van der Waals surface area (Å²) in [5, 5.41) is 3.23. The van der Waals surface area contributed by atoms with Gasteiger partial charge in [-0.1, -0.05) is 6.92 Å². The van der Waals surface area contributed by atoms with E-state index in [9.17, 15) is 0 Å². The van der Waals surface area contributed by atoms with E-state index in [4.69, 9.17) is 4.74 Å². The molecule has 1 N–H and O–H groups in total. The highest BCUT2D eigenvalue weighted by Crippen LogP contribution is 2.09. The fourth-order valence-corrected chi connectivity index (χ4v) is 1.73. The van der Waals surface area contributed by atoms with Gasteiger partial charge in [0, 0.05) is 11.8 Å². The first-order valence-corrected chi connectivity index (χ1v) is 6.12. The molecule has 4 nitrogen and oxygen atoms in total. The highest BCUT2D eigenvalue weighted by atomic mass is 32.2. The molecule has 15 heavy (non-hydrogen) atoms. The number of nitrogens with one attached hydrogen (secondary N) is 1. The van der Waals surface area contributed by atoms with Crippen molar-refractivity contribution in [1.29, 1.82) is 0 Å². The van der Waals surface area contributed by atoms with Crippen LogP contribution in [-0.4, -0.2) is 34.6 Å². The highest BCUT2D eigenvalue weighted by molar-refractivity contribution is 7.99. The molecule has 0 amide bonds. The number of nitrogens with zero attached hydrogens (tertiary/aromatic N) is 2. The predicted octanol–water partition coefficient (Wildman–Crippen LogP) is 2.04. The average Bonchev–Trinajstić information content (AvgIpc) is 2.27. The normalized spacial score (nSPS) is 12.2. The second-order valence-electron chi connectivity index (χ2n) is 3.15. The molecule has 0 saturated heterocycles. The van der Waals surface area contributed by atoms with Gasteiger partial charge in [0.2, 0.25) is 5.95 Å². The number of hydrogen-bond donors (Lipinski definition) is 1. The molecule has 0 radical (unpaired) electrons. The van der Waals surface area contributed by atoms with E-state index in [-0.39, 0.29) is 0 Å². The quantitative estimate of drug-likeness (QED) is 0.806. The minimum Gasteiger partial charge on any atom is -0.494 e. The lowest BCUT2D eigenvalue weighted by atomic mass is 10.4. The monoisotopic (exact) mass is 227 g/mol. The van der Waals surface area contributed by atoms with Gasteiger partial charge in [0.1, 0.15) is 0 Å². The smallest absolute Gasteiger partial charge is 0.223 e. The van der Waals surface area contributed by atoms with E-state index in [1.54, 1.807) is 19.5 Å². The Morgan fingerprint density at radius 3 is 2.67 bits per heavy atom. The molecule has 1 rings (SSSR count). The summed E-state index contributed by atoms with van der Waals surface area (Å²) in [5.41, 5.74) is 0. The molecule has 1 heterocycles. The lowest BCUT2D eigenvalue weighted by Crippen LogP contribution is -2.19. The van der Waals surface area contributed by atoms with Gasteiger partial charge in [-0.3, -0.25) is 0 Å². The number of aromatic nitrogens is 2. The molecule has 1 atom stereocenters. The third-order valence-corrected chi connectivity index (χ3v) is 2.96. The van der Waals surface area contributed by atoms with Gasteiger partial charge in [-0.2, -0.15) is 11.8 Å². The van der Waals surface area contributed by atoms with Gasteiger partial charge in [0.15, 0.2) is 5.75 Å². The van der Waals surface area contributed by atoms with Gasteiger partial charge in [0.05, 0.1) is 19.5 Å². The Bertz CT molecular complexity index is 279. The number of hydrogen-bond acceptors (Lipinski definition) is 5. The molecule has 0 aromatic carbocycles. The largest absolute Gasteiger partial charge is 0.494 e. The van der Waals surface area contributed by atoms with Crippen molar-refractivity contribution in [2.45, 2.75) is 19.9 Å². The van der Waals surface area contributed by atoms with E-state index < -0.39 is 0 Å². The first-order chi connectivity index (χ1) is 7.26. The fourth-order valence-electron chi connectivity index (χ4n) is 1.05. The summed E-state index contributed by atoms with van der Waals surface area (Å²) in [4.78, 5) is 8.28. The SMILES string of the molecule is CCSCC(C)Nc1ncc(OC)cn1. The Morgan fingerprint density at radius 2 is 2.13 bits per heavy atom. The maximum atomic E-state index is 4.98. The van der Waals surface area contributed by atoms with Crippen molar-refractivity contribution in [1.82, 2.24) is 9.97 Å². The van der Waals surface area contributed by atoms with Crippen LogP contribution in [0.5, 0.6) is 5.75 Å². The van der Waals surface area contributed by atoms with Crippen LogP contribution in [0, 0.1) is 0 Å². The summed E-state index contributed by atoms with van der Waals surface area (Å²) in [6.07, 6.45) is 3.32. The van der Waals surface area contributed by atoms with Crippen LogP contribution < -0.4 is 10.1 Å². The van der Waals surface area contributed by atoms with Crippen molar-refractivity contribution in [3.05, 3.63) is 12.4 Å². The summed E-state index contributed by atoms with van der Waals surface area (Å²) >= 11 is 1.90. The minimum atomic E-state index is 0.378.